The summed E-state index contributed by atoms with van der Waals surface area (Å²) in [5.74, 6) is -1.50. The molecular formula is C30H30F3N5O4S. The van der Waals surface area contributed by atoms with Gasteiger partial charge in [-0.15, -0.1) is 11.3 Å². The lowest BCUT2D eigenvalue weighted by Gasteiger charge is -2.34. The molecule has 1 aliphatic heterocycles. The maximum atomic E-state index is 13.9. The van der Waals surface area contributed by atoms with E-state index in [-0.39, 0.29) is 39.4 Å². The summed E-state index contributed by atoms with van der Waals surface area (Å²) in [7, 11) is 0. The molecule has 6 N–H and O–H groups in total. The predicted octanol–water partition coefficient (Wildman–Crippen LogP) is 4.82. The van der Waals surface area contributed by atoms with Crippen molar-refractivity contribution in [3.8, 4) is 0 Å². The summed E-state index contributed by atoms with van der Waals surface area (Å²) in [6, 6.07) is 17.3. The molecule has 13 heteroatoms. The lowest BCUT2D eigenvalue weighted by Crippen LogP contribution is -2.44. The lowest BCUT2D eigenvalue weighted by atomic mass is 10.0. The second-order valence-corrected chi connectivity index (χ2v) is 11.3. The molecule has 0 spiro atoms. The Kier molecular flexibility index (Phi) is 8.85. The molecule has 0 bridgehead atoms. The van der Waals surface area contributed by atoms with Gasteiger partial charge in [-0.05, 0) is 42.2 Å². The van der Waals surface area contributed by atoms with E-state index >= 15 is 0 Å². The van der Waals surface area contributed by atoms with E-state index in [2.05, 4.69) is 15.6 Å². The van der Waals surface area contributed by atoms with Crippen LogP contribution in [0.1, 0.15) is 55.7 Å². The van der Waals surface area contributed by atoms with Crippen LogP contribution in [0, 0.1) is 0 Å². The van der Waals surface area contributed by atoms with Crippen molar-refractivity contribution in [2.45, 2.75) is 37.7 Å². The summed E-state index contributed by atoms with van der Waals surface area (Å²) < 4.78 is 41.7. The number of pyridine rings is 1. The molecule has 2 aromatic carbocycles. The van der Waals surface area contributed by atoms with Crippen LogP contribution in [-0.4, -0.2) is 52.7 Å². The van der Waals surface area contributed by atoms with E-state index < -0.39 is 29.5 Å². The molecule has 1 amide bonds. The van der Waals surface area contributed by atoms with Crippen LogP contribution in [0.25, 0.3) is 10.2 Å². The smallest absolute Gasteiger partial charge is 0.417 e. The molecule has 5 rings (SSSR count). The number of thiophene rings is 1. The Bertz CT molecular complexity index is 1600. The highest BCUT2D eigenvalue weighted by atomic mass is 32.1. The number of anilines is 2. The molecule has 0 saturated carbocycles. The highest BCUT2D eigenvalue weighted by molar-refractivity contribution is 7.21. The first kappa shape index (κ1) is 30.3. The fraction of sp³-hybridized carbons (Fsp3) is 0.300. The first-order chi connectivity index (χ1) is 20.5. The number of nitrogens with zero attached hydrogens (tertiary/aromatic N) is 2. The largest absolute Gasteiger partial charge is 0.477 e. The summed E-state index contributed by atoms with van der Waals surface area (Å²) >= 11 is 0.629. The van der Waals surface area contributed by atoms with Crippen LogP contribution < -0.4 is 21.3 Å². The van der Waals surface area contributed by atoms with E-state index in [1.807, 2.05) is 30.3 Å². The minimum atomic E-state index is -4.74. The van der Waals surface area contributed by atoms with Crippen LogP contribution >= 0.6 is 11.3 Å². The normalized spacial score (nSPS) is 15.0. The number of aliphatic hydroxyl groups excluding tert-OH is 1. The van der Waals surface area contributed by atoms with Crippen LogP contribution in [0.3, 0.4) is 0 Å². The van der Waals surface area contributed by atoms with Crippen molar-refractivity contribution in [1.82, 2.24) is 15.6 Å². The zero-order valence-corrected chi connectivity index (χ0v) is 23.7. The molecule has 0 aliphatic carbocycles. The quantitative estimate of drug-likeness (QED) is 0.181. The third kappa shape index (κ3) is 6.90. The van der Waals surface area contributed by atoms with Crippen LogP contribution in [0.4, 0.5) is 24.7 Å². The summed E-state index contributed by atoms with van der Waals surface area (Å²) in [6.45, 7) is 1.51. The number of carbonyl (C=O) groups is 2. The number of fused-ring (bicyclic) bond motifs is 1. The summed E-state index contributed by atoms with van der Waals surface area (Å²) in [5, 5.41) is 25.8. The number of rotatable bonds is 9. The molecule has 43 heavy (non-hydrogen) atoms. The minimum Gasteiger partial charge on any atom is -0.477 e. The van der Waals surface area contributed by atoms with Crippen LogP contribution in [0.2, 0.25) is 0 Å². The van der Waals surface area contributed by atoms with Crippen LogP contribution in [-0.2, 0) is 12.7 Å². The molecule has 4 aromatic rings. The number of amides is 1. The molecule has 0 radical (unpaired) electrons. The van der Waals surface area contributed by atoms with Gasteiger partial charge < -0.3 is 31.5 Å². The first-order valence-electron chi connectivity index (χ1n) is 13.6. The molecule has 1 aliphatic rings. The number of hydrogen-bond donors (Lipinski definition) is 5. The van der Waals surface area contributed by atoms with E-state index in [9.17, 15) is 33.0 Å². The van der Waals surface area contributed by atoms with Gasteiger partial charge in [-0.3, -0.25) is 4.79 Å². The molecule has 3 heterocycles. The van der Waals surface area contributed by atoms with Crippen molar-refractivity contribution < 1.29 is 33.0 Å². The Hall–Kier alpha value is -4.20. The maximum Gasteiger partial charge on any atom is 0.417 e. The molecule has 9 nitrogen and oxygen atoms in total. The number of piperidine rings is 1. The average Bonchev–Trinajstić information content (AvgIpc) is 3.35. The van der Waals surface area contributed by atoms with Gasteiger partial charge in [-0.1, -0.05) is 42.5 Å². The van der Waals surface area contributed by atoms with Gasteiger partial charge in [0, 0.05) is 43.2 Å². The third-order valence-electron chi connectivity index (χ3n) is 7.46. The number of carboxylic acids is 1. The van der Waals surface area contributed by atoms with E-state index in [0.717, 1.165) is 11.6 Å². The molecule has 1 atom stereocenters. The Labute approximate surface area is 249 Å². The molecule has 226 valence electrons. The van der Waals surface area contributed by atoms with Gasteiger partial charge in [0.2, 0.25) is 0 Å². The fourth-order valence-electron chi connectivity index (χ4n) is 5.10. The maximum absolute atomic E-state index is 13.9. The van der Waals surface area contributed by atoms with Gasteiger partial charge in [-0.2, -0.15) is 13.2 Å². The molecule has 1 saturated heterocycles. The van der Waals surface area contributed by atoms with E-state index in [4.69, 9.17) is 5.73 Å². The number of carboxylic acid groups (broad SMARTS) is 1. The number of alkyl halides is 3. The van der Waals surface area contributed by atoms with Gasteiger partial charge in [0.1, 0.15) is 15.5 Å². The SMILES string of the molecule is Nc1c(C(=O)O)sc2nc(N3CCC(NCC(O)c4ccc(C(=O)NCc5ccccc5)cc4)CC3)cc(C(F)(F)F)c12. The zero-order valence-electron chi connectivity index (χ0n) is 22.9. The number of aromatic carboxylic acids is 1. The van der Waals surface area contributed by atoms with Crippen molar-refractivity contribution in [3.63, 3.8) is 0 Å². The number of nitrogen functional groups attached to an aromatic ring is 1. The average molecular weight is 614 g/mol. The second kappa shape index (κ2) is 12.6. The van der Waals surface area contributed by atoms with E-state index in [1.54, 1.807) is 29.2 Å². The van der Waals surface area contributed by atoms with Crippen LogP contribution in [0.15, 0.2) is 60.7 Å². The van der Waals surface area contributed by atoms with Crippen molar-refractivity contribution in [1.29, 1.82) is 0 Å². The Balaban J connectivity index is 1.15. The summed E-state index contributed by atoms with van der Waals surface area (Å²) in [6.07, 6.45) is -4.35. The van der Waals surface area contributed by atoms with Crippen molar-refractivity contribution >= 4 is 44.9 Å². The van der Waals surface area contributed by atoms with Gasteiger partial charge in [0.25, 0.3) is 5.91 Å². The molecular weight excluding hydrogens is 583 g/mol. The third-order valence-corrected chi connectivity index (χ3v) is 8.54. The Morgan fingerprint density at radius 1 is 1.09 bits per heavy atom. The number of nitrogens with two attached hydrogens (primary N) is 1. The van der Waals surface area contributed by atoms with Crippen molar-refractivity contribution in [2.75, 3.05) is 30.3 Å². The van der Waals surface area contributed by atoms with Gasteiger partial charge in [-0.25, -0.2) is 9.78 Å². The fourth-order valence-corrected chi connectivity index (χ4v) is 6.05. The zero-order chi connectivity index (χ0) is 30.7. The van der Waals surface area contributed by atoms with Crippen molar-refractivity contribution in [3.05, 3.63) is 87.8 Å². The summed E-state index contributed by atoms with van der Waals surface area (Å²) in [5.41, 5.74) is 6.46. The molecule has 1 unspecified atom stereocenters. The Morgan fingerprint density at radius 2 is 1.77 bits per heavy atom. The van der Waals surface area contributed by atoms with Crippen molar-refractivity contribution in [2.24, 2.45) is 0 Å². The van der Waals surface area contributed by atoms with E-state index in [0.29, 0.717) is 54.9 Å². The second-order valence-electron chi connectivity index (χ2n) is 10.3. The first-order valence-corrected chi connectivity index (χ1v) is 14.4. The van der Waals surface area contributed by atoms with Crippen LogP contribution in [0.5, 0.6) is 0 Å². The molecule has 2 aromatic heterocycles. The lowest BCUT2D eigenvalue weighted by molar-refractivity contribution is -0.136. The Morgan fingerprint density at radius 3 is 2.40 bits per heavy atom. The van der Waals surface area contributed by atoms with Gasteiger partial charge in [0.15, 0.2) is 0 Å². The minimum absolute atomic E-state index is 0.0238. The monoisotopic (exact) mass is 613 g/mol. The number of carbonyl (C=O) groups excluding carboxylic acids is 1. The van der Waals surface area contributed by atoms with E-state index in [1.165, 1.54) is 0 Å². The van der Waals surface area contributed by atoms with Gasteiger partial charge in [0.05, 0.1) is 17.4 Å². The highest BCUT2D eigenvalue weighted by Gasteiger charge is 2.37. The number of aliphatic hydroxyl groups is 1. The standard InChI is InChI=1S/C30H30F3N5O4S/c31-30(32,33)21-14-23(37-28-24(21)25(34)26(43-28)29(41)42)38-12-10-20(11-13-38)35-16-22(39)18-6-8-19(9-7-18)27(40)36-15-17-4-2-1-3-5-17/h1-9,14,20,22,35,39H,10-13,15-16,34H2,(H,36,40)(H,41,42). The molecule has 1 fully saturated rings. The number of aromatic nitrogens is 1. The number of hydrogen-bond acceptors (Lipinski definition) is 8. The number of nitrogens with one attached hydrogen (secondary N) is 2. The number of halogens is 3. The number of benzene rings is 2. The topological polar surface area (TPSA) is 141 Å². The predicted molar refractivity (Wildman–Crippen MR) is 158 cm³/mol. The summed E-state index contributed by atoms with van der Waals surface area (Å²) in [4.78, 5) is 29.5. The highest BCUT2D eigenvalue weighted by Crippen LogP contribution is 2.43. The van der Waals surface area contributed by atoms with Gasteiger partial charge >= 0.3 is 12.1 Å².